The molecule has 1 saturated carbocycles. The number of pyridine rings is 1. The molecule has 2 heterocycles. The second-order valence-corrected chi connectivity index (χ2v) is 8.68. The van der Waals surface area contributed by atoms with Crippen LogP contribution in [-0.4, -0.2) is 15.9 Å². The molecule has 4 aromatic rings. The summed E-state index contributed by atoms with van der Waals surface area (Å²) < 4.78 is 11.5. The number of aromatic amines is 1. The van der Waals surface area contributed by atoms with E-state index in [-0.39, 0.29) is 5.97 Å². The number of rotatable bonds is 6. The van der Waals surface area contributed by atoms with E-state index in [1.807, 2.05) is 36.4 Å². The summed E-state index contributed by atoms with van der Waals surface area (Å²) in [6.45, 7) is 1.88. The topological polar surface area (TPSA) is 64.2 Å². The molecule has 0 spiro atoms. The molecule has 1 fully saturated rings. The van der Waals surface area contributed by atoms with Crippen molar-refractivity contribution in [3.05, 3.63) is 78.0 Å². The van der Waals surface area contributed by atoms with E-state index in [1.165, 1.54) is 50.0 Å². The van der Waals surface area contributed by atoms with Gasteiger partial charge in [-0.25, -0.2) is 4.98 Å². The van der Waals surface area contributed by atoms with Gasteiger partial charge in [-0.2, -0.15) is 0 Å². The number of carbonyl (C=O) groups is 1. The maximum Gasteiger partial charge on any atom is 0.308 e. The van der Waals surface area contributed by atoms with Crippen molar-refractivity contribution >= 4 is 16.9 Å². The summed E-state index contributed by atoms with van der Waals surface area (Å²) in [5.74, 6) is 1.32. The Bertz CT molecular complexity index is 1260. The van der Waals surface area contributed by atoms with Gasteiger partial charge in [-0.3, -0.25) is 4.79 Å². The number of carbonyl (C=O) groups excluding carboxylic acids is 1. The molecule has 0 radical (unpaired) electrons. The minimum absolute atomic E-state index is 0.322. The molecule has 168 valence electrons. The Balaban J connectivity index is 1.58. The second-order valence-electron chi connectivity index (χ2n) is 8.68. The zero-order valence-electron chi connectivity index (χ0n) is 18.8. The molecular weight excluding hydrogens is 412 g/mol. The first kappa shape index (κ1) is 21.3. The first-order valence-electron chi connectivity index (χ1n) is 11.6. The molecule has 2 aromatic carbocycles. The molecule has 0 unspecified atom stereocenters. The largest absolute Gasteiger partial charge is 0.472 e. The maximum absolute atomic E-state index is 11.5. The first-order chi connectivity index (χ1) is 16.2. The third-order valence-electron chi connectivity index (χ3n) is 6.34. The summed E-state index contributed by atoms with van der Waals surface area (Å²) >= 11 is 0. The lowest BCUT2D eigenvalue weighted by Gasteiger charge is -2.23. The van der Waals surface area contributed by atoms with Crippen molar-refractivity contribution in [3.63, 3.8) is 0 Å². The summed E-state index contributed by atoms with van der Waals surface area (Å²) in [5, 5.41) is 1.17. The van der Waals surface area contributed by atoms with E-state index in [0.29, 0.717) is 24.2 Å². The molecule has 1 aliphatic rings. The number of hydrogen-bond acceptors (Lipinski definition) is 4. The molecule has 33 heavy (non-hydrogen) atoms. The molecule has 0 amide bonds. The predicted octanol–water partition coefficient (Wildman–Crippen LogP) is 6.78. The Kier molecular flexibility index (Phi) is 6.11. The van der Waals surface area contributed by atoms with Gasteiger partial charge < -0.3 is 14.5 Å². The zero-order chi connectivity index (χ0) is 22.6. The Labute approximate surface area is 193 Å². The van der Waals surface area contributed by atoms with Gasteiger partial charge in [0.25, 0.3) is 0 Å². The molecule has 1 N–H and O–H groups in total. The van der Waals surface area contributed by atoms with Gasteiger partial charge in [0.2, 0.25) is 5.88 Å². The van der Waals surface area contributed by atoms with Gasteiger partial charge in [-0.05, 0) is 54.2 Å². The first-order valence-corrected chi connectivity index (χ1v) is 11.6. The van der Waals surface area contributed by atoms with Crippen LogP contribution >= 0.6 is 0 Å². The van der Waals surface area contributed by atoms with E-state index in [4.69, 9.17) is 9.47 Å². The van der Waals surface area contributed by atoms with Crippen molar-refractivity contribution in [1.82, 2.24) is 9.97 Å². The predicted molar refractivity (Wildman–Crippen MR) is 129 cm³/mol. The van der Waals surface area contributed by atoms with Crippen LogP contribution in [0.5, 0.6) is 11.6 Å². The summed E-state index contributed by atoms with van der Waals surface area (Å²) in [5.41, 5.74) is 5.38. The lowest BCUT2D eigenvalue weighted by atomic mass is 9.82. The smallest absolute Gasteiger partial charge is 0.308 e. The number of fused-ring (bicyclic) bond motifs is 1. The summed E-state index contributed by atoms with van der Waals surface area (Å²) in [4.78, 5) is 19.7. The lowest BCUT2D eigenvalue weighted by Crippen LogP contribution is -2.06. The Morgan fingerprint density at radius 2 is 1.85 bits per heavy atom. The highest BCUT2D eigenvalue weighted by atomic mass is 16.5. The summed E-state index contributed by atoms with van der Waals surface area (Å²) in [7, 11) is 0. The summed E-state index contributed by atoms with van der Waals surface area (Å²) in [6.07, 6.45) is 7.90. The van der Waals surface area contributed by atoms with Gasteiger partial charge >= 0.3 is 5.97 Å². The van der Waals surface area contributed by atoms with Crippen molar-refractivity contribution in [2.75, 3.05) is 0 Å². The monoisotopic (exact) mass is 440 g/mol. The van der Waals surface area contributed by atoms with Gasteiger partial charge in [0.15, 0.2) is 0 Å². The number of H-pyrrole nitrogens is 1. The number of benzene rings is 2. The Morgan fingerprint density at radius 3 is 2.64 bits per heavy atom. The van der Waals surface area contributed by atoms with Crippen molar-refractivity contribution in [3.8, 4) is 22.9 Å². The fourth-order valence-corrected chi connectivity index (χ4v) is 4.88. The number of nitrogens with one attached hydrogen (secondary N) is 1. The van der Waals surface area contributed by atoms with Gasteiger partial charge in [0.1, 0.15) is 12.4 Å². The molecular formula is C28H28N2O3. The van der Waals surface area contributed by atoms with Crippen molar-refractivity contribution in [2.45, 2.75) is 51.6 Å². The highest BCUT2D eigenvalue weighted by Gasteiger charge is 2.25. The molecule has 5 rings (SSSR count). The fraction of sp³-hybridized carbons (Fsp3) is 0.286. The quantitative estimate of drug-likeness (QED) is 0.265. The number of hydrogen-bond donors (Lipinski definition) is 1. The van der Waals surface area contributed by atoms with Gasteiger partial charge in [-0.1, -0.05) is 49.6 Å². The van der Waals surface area contributed by atoms with Crippen molar-refractivity contribution in [2.24, 2.45) is 0 Å². The van der Waals surface area contributed by atoms with E-state index in [0.717, 1.165) is 22.3 Å². The summed E-state index contributed by atoms with van der Waals surface area (Å²) in [6, 6.07) is 20.0. The van der Waals surface area contributed by atoms with Crippen LogP contribution < -0.4 is 9.47 Å². The van der Waals surface area contributed by atoms with E-state index < -0.39 is 0 Å². The van der Waals surface area contributed by atoms with Crippen LogP contribution in [0, 0.1) is 0 Å². The maximum atomic E-state index is 11.5. The highest BCUT2D eigenvalue weighted by Crippen LogP contribution is 2.44. The molecule has 0 bridgehead atoms. The molecule has 5 nitrogen and oxygen atoms in total. The van der Waals surface area contributed by atoms with Crippen LogP contribution in [0.4, 0.5) is 0 Å². The third-order valence-corrected chi connectivity index (χ3v) is 6.34. The van der Waals surface area contributed by atoms with Crippen LogP contribution in [0.15, 0.2) is 66.9 Å². The van der Waals surface area contributed by atoms with E-state index in [9.17, 15) is 4.79 Å². The number of ether oxygens (including phenoxy) is 2. The fourth-order valence-electron chi connectivity index (χ4n) is 4.88. The Morgan fingerprint density at radius 1 is 1.03 bits per heavy atom. The van der Waals surface area contributed by atoms with Crippen LogP contribution in [0.3, 0.4) is 0 Å². The average molecular weight is 441 g/mol. The molecule has 5 heteroatoms. The molecule has 0 saturated heterocycles. The number of nitrogens with zero attached hydrogens (tertiary/aromatic N) is 1. The molecule has 0 atom stereocenters. The minimum atomic E-state index is -0.322. The average Bonchev–Trinajstić information content (AvgIpc) is 3.22. The molecule has 0 aliphatic heterocycles. The zero-order valence-corrected chi connectivity index (χ0v) is 18.8. The van der Waals surface area contributed by atoms with Crippen molar-refractivity contribution in [1.29, 1.82) is 0 Å². The van der Waals surface area contributed by atoms with Gasteiger partial charge in [-0.15, -0.1) is 0 Å². The van der Waals surface area contributed by atoms with Gasteiger partial charge in [0.05, 0.1) is 11.3 Å². The normalized spacial score (nSPS) is 14.3. The molecule has 1 aliphatic carbocycles. The number of esters is 1. The van der Waals surface area contributed by atoms with Crippen molar-refractivity contribution < 1.29 is 14.3 Å². The minimum Gasteiger partial charge on any atom is -0.472 e. The van der Waals surface area contributed by atoms with Crippen LogP contribution in [-0.2, 0) is 11.4 Å². The Hall–Kier alpha value is -3.60. The van der Waals surface area contributed by atoms with E-state index >= 15 is 0 Å². The highest BCUT2D eigenvalue weighted by molar-refractivity contribution is 5.93. The SMILES string of the molecule is CC(=O)Oc1ccc2c(C3CCCCC3)c(-c3cccnc3OCc3ccccc3)[nH]c2c1. The van der Waals surface area contributed by atoms with Crippen LogP contribution in [0.2, 0.25) is 0 Å². The second kappa shape index (κ2) is 9.49. The molecule has 2 aromatic heterocycles. The third kappa shape index (κ3) is 4.63. The van der Waals surface area contributed by atoms with Gasteiger partial charge in [0, 0.05) is 30.1 Å². The van der Waals surface area contributed by atoms with Crippen LogP contribution in [0.25, 0.3) is 22.2 Å². The van der Waals surface area contributed by atoms with Crippen LogP contribution in [0.1, 0.15) is 56.1 Å². The van der Waals surface area contributed by atoms with E-state index in [2.05, 4.69) is 34.2 Å². The number of aromatic nitrogens is 2. The lowest BCUT2D eigenvalue weighted by molar-refractivity contribution is -0.131. The standard InChI is InChI=1S/C28H28N2O3/c1-19(31)33-22-14-15-23-25(17-22)30-27(26(23)21-11-6-3-7-12-21)24-13-8-16-29-28(24)32-18-20-9-4-2-5-10-20/h2,4-5,8-10,13-17,21,30H,3,6-7,11-12,18H2,1H3. The van der Waals surface area contributed by atoms with E-state index in [1.54, 1.807) is 6.20 Å².